The molecule has 4 N–H and O–H groups in total. The summed E-state index contributed by atoms with van der Waals surface area (Å²) < 4.78 is 10.5. The van der Waals surface area contributed by atoms with Crippen molar-refractivity contribution in [2.45, 2.75) is 6.92 Å². The molecule has 0 aliphatic carbocycles. The molecule has 0 radical (unpaired) electrons. The van der Waals surface area contributed by atoms with E-state index >= 15 is 0 Å². The maximum atomic E-state index is 10.8. The zero-order valence-corrected chi connectivity index (χ0v) is 9.40. The van der Waals surface area contributed by atoms with E-state index in [-0.39, 0.29) is 12.5 Å². The monoisotopic (exact) mass is 224 g/mol. The number of nitrogen functional groups attached to an aromatic ring is 1. The average Bonchev–Trinajstić information content (AvgIpc) is 2.26. The van der Waals surface area contributed by atoms with Gasteiger partial charge in [-0.3, -0.25) is 4.79 Å². The van der Waals surface area contributed by atoms with Crippen molar-refractivity contribution >= 4 is 11.6 Å². The van der Waals surface area contributed by atoms with Crippen LogP contribution in [0.15, 0.2) is 18.2 Å². The van der Waals surface area contributed by atoms with Crippen LogP contribution >= 0.6 is 0 Å². The molecule has 0 aliphatic heterocycles. The van der Waals surface area contributed by atoms with Crippen molar-refractivity contribution in [3.05, 3.63) is 18.2 Å². The number of hydrogen-bond acceptors (Lipinski definition) is 4. The Morgan fingerprint density at radius 1 is 1.44 bits per heavy atom. The summed E-state index contributed by atoms with van der Waals surface area (Å²) in [6, 6.07) is 5.05. The third-order valence-corrected chi connectivity index (χ3v) is 2.16. The highest BCUT2D eigenvalue weighted by atomic mass is 16.5. The van der Waals surface area contributed by atoms with E-state index < -0.39 is 5.91 Å². The molecule has 0 heterocycles. The maximum absolute atomic E-state index is 10.8. The lowest BCUT2D eigenvalue weighted by Crippen LogP contribution is -2.25. The molecule has 1 amide bonds. The number of carbonyl (C=O) groups excluding carboxylic acids is 1. The number of rotatable bonds is 5. The van der Waals surface area contributed by atoms with Crippen LogP contribution in [0.2, 0.25) is 0 Å². The Morgan fingerprint density at radius 3 is 2.69 bits per heavy atom. The zero-order chi connectivity index (χ0) is 12.1. The lowest BCUT2D eigenvalue weighted by molar-refractivity contribution is -0.122. The van der Waals surface area contributed by atoms with Crippen LogP contribution in [0.1, 0.15) is 6.92 Å². The standard InChI is InChI=1S/C11H16N2O3/c1-7(11(13)14)6-16-9-4-3-8(12)5-10(9)15-2/h3-5,7H,6,12H2,1-2H3,(H2,13,14). The predicted molar refractivity (Wildman–Crippen MR) is 61.3 cm³/mol. The van der Waals surface area contributed by atoms with Crippen LogP contribution in [0.5, 0.6) is 11.5 Å². The first-order chi connectivity index (χ1) is 7.54. The van der Waals surface area contributed by atoms with Crippen LogP contribution in [0.25, 0.3) is 0 Å². The highest BCUT2D eigenvalue weighted by Gasteiger charge is 2.11. The minimum absolute atomic E-state index is 0.218. The molecule has 0 saturated heterocycles. The fourth-order valence-electron chi connectivity index (χ4n) is 1.10. The fourth-order valence-corrected chi connectivity index (χ4v) is 1.10. The number of primary amides is 1. The van der Waals surface area contributed by atoms with Gasteiger partial charge >= 0.3 is 0 Å². The number of amides is 1. The van der Waals surface area contributed by atoms with E-state index in [1.165, 1.54) is 7.11 Å². The molecule has 88 valence electrons. The Kier molecular flexibility index (Phi) is 3.99. The minimum atomic E-state index is -0.394. The molecule has 1 atom stereocenters. The van der Waals surface area contributed by atoms with Gasteiger partial charge in [0.05, 0.1) is 19.6 Å². The number of carbonyl (C=O) groups is 1. The number of methoxy groups -OCH3 is 1. The molecule has 5 heteroatoms. The summed E-state index contributed by atoms with van der Waals surface area (Å²) in [6.45, 7) is 1.92. The SMILES string of the molecule is COc1cc(N)ccc1OCC(C)C(N)=O. The van der Waals surface area contributed by atoms with Gasteiger partial charge in [0.2, 0.25) is 5.91 Å². The van der Waals surface area contributed by atoms with E-state index in [0.717, 1.165) is 0 Å². The summed E-state index contributed by atoms with van der Waals surface area (Å²) in [7, 11) is 1.53. The average molecular weight is 224 g/mol. The molecule has 0 bridgehead atoms. The number of nitrogens with two attached hydrogens (primary N) is 2. The van der Waals surface area contributed by atoms with Crippen LogP contribution in [0.4, 0.5) is 5.69 Å². The van der Waals surface area contributed by atoms with E-state index in [1.54, 1.807) is 25.1 Å². The number of hydrogen-bond donors (Lipinski definition) is 2. The summed E-state index contributed by atoms with van der Waals surface area (Å²) in [5, 5.41) is 0. The number of benzene rings is 1. The fraction of sp³-hybridized carbons (Fsp3) is 0.364. The highest BCUT2D eigenvalue weighted by Crippen LogP contribution is 2.29. The summed E-state index contributed by atoms with van der Waals surface area (Å²) in [5.74, 6) is 0.346. The number of anilines is 1. The largest absolute Gasteiger partial charge is 0.493 e. The molecule has 0 saturated carbocycles. The van der Waals surface area contributed by atoms with Crippen molar-refractivity contribution in [1.82, 2.24) is 0 Å². The summed E-state index contributed by atoms with van der Waals surface area (Å²) in [4.78, 5) is 10.8. The normalized spacial score (nSPS) is 11.9. The van der Waals surface area contributed by atoms with Crippen LogP contribution < -0.4 is 20.9 Å². The molecule has 16 heavy (non-hydrogen) atoms. The topological polar surface area (TPSA) is 87.6 Å². The van der Waals surface area contributed by atoms with Crippen molar-refractivity contribution < 1.29 is 14.3 Å². The first kappa shape index (κ1) is 12.2. The van der Waals surface area contributed by atoms with Gasteiger partial charge in [0.25, 0.3) is 0 Å². The number of ether oxygens (including phenoxy) is 2. The van der Waals surface area contributed by atoms with Crippen molar-refractivity contribution in [2.75, 3.05) is 19.5 Å². The zero-order valence-electron chi connectivity index (χ0n) is 9.40. The lowest BCUT2D eigenvalue weighted by atomic mass is 10.2. The van der Waals surface area contributed by atoms with Gasteiger partial charge in [0, 0.05) is 11.8 Å². The second kappa shape index (κ2) is 5.25. The van der Waals surface area contributed by atoms with E-state index in [9.17, 15) is 4.79 Å². The highest BCUT2D eigenvalue weighted by molar-refractivity contribution is 5.76. The molecule has 1 rings (SSSR count). The van der Waals surface area contributed by atoms with Crippen molar-refractivity contribution in [3.63, 3.8) is 0 Å². The predicted octanol–water partition coefficient (Wildman–Crippen LogP) is 0.778. The molecule has 0 spiro atoms. The minimum Gasteiger partial charge on any atom is -0.493 e. The Balaban J connectivity index is 2.70. The quantitative estimate of drug-likeness (QED) is 0.723. The van der Waals surface area contributed by atoms with Gasteiger partial charge in [-0.05, 0) is 12.1 Å². The first-order valence-corrected chi connectivity index (χ1v) is 4.90. The summed E-state index contributed by atoms with van der Waals surface area (Å²) in [5.41, 5.74) is 11.3. The Hall–Kier alpha value is -1.91. The van der Waals surface area contributed by atoms with Crippen LogP contribution in [0.3, 0.4) is 0 Å². The third kappa shape index (κ3) is 3.05. The van der Waals surface area contributed by atoms with Gasteiger partial charge in [-0.25, -0.2) is 0 Å². The van der Waals surface area contributed by atoms with Crippen LogP contribution in [-0.4, -0.2) is 19.6 Å². The second-order valence-corrected chi connectivity index (χ2v) is 3.52. The Bertz CT molecular complexity index is 379. The summed E-state index contributed by atoms with van der Waals surface area (Å²) in [6.07, 6.45) is 0. The molecular formula is C11H16N2O3. The van der Waals surface area contributed by atoms with Crippen molar-refractivity contribution in [1.29, 1.82) is 0 Å². The van der Waals surface area contributed by atoms with Crippen LogP contribution in [-0.2, 0) is 4.79 Å². The van der Waals surface area contributed by atoms with Gasteiger partial charge in [-0.15, -0.1) is 0 Å². The van der Waals surface area contributed by atoms with Crippen molar-refractivity contribution in [3.8, 4) is 11.5 Å². The van der Waals surface area contributed by atoms with E-state index in [4.69, 9.17) is 20.9 Å². The molecule has 1 aromatic carbocycles. The van der Waals surface area contributed by atoms with Gasteiger partial charge in [-0.2, -0.15) is 0 Å². The molecule has 0 fully saturated rings. The van der Waals surface area contributed by atoms with E-state index in [2.05, 4.69) is 0 Å². The van der Waals surface area contributed by atoms with Crippen molar-refractivity contribution in [2.24, 2.45) is 11.7 Å². The van der Waals surface area contributed by atoms with Crippen LogP contribution in [0, 0.1) is 5.92 Å². The molecule has 1 unspecified atom stereocenters. The van der Waals surface area contributed by atoms with Gasteiger partial charge in [0.15, 0.2) is 11.5 Å². The molecule has 0 aliphatic rings. The van der Waals surface area contributed by atoms with Gasteiger partial charge < -0.3 is 20.9 Å². The maximum Gasteiger partial charge on any atom is 0.223 e. The lowest BCUT2D eigenvalue weighted by Gasteiger charge is -2.13. The Morgan fingerprint density at radius 2 is 2.12 bits per heavy atom. The first-order valence-electron chi connectivity index (χ1n) is 4.90. The van der Waals surface area contributed by atoms with E-state index in [1.807, 2.05) is 0 Å². The molecule has 5 nitrogen and oxygen atoms in total. The van der Waals surface area contributed by atoms with E-state index in [0.29, 0.717) is 17.2 Å². The smallest absolute Gasteiger partial charge is 0.223 e. The van der Waals surface area contributed by atoms with Gasteiger partial charge in [-0.1, -0.05) is 6.92 Å². The molecule has 1 aromatic rings. The van der Waals surface area contributed by atoms with Gasteiger partial charge in [0.1, 0.15) is 0 Å². The Labute approximate surface area is 94.3 Å². The molecular weight excluding hydrogens is 208 g/mol. The third-order valence-electron chi connectivity index (χ3n) is 2.16. The summed E-state index contributed by atoms with van der Waals surface area (Å²) >= 11 is 0. The second-order valence-electron chi connectivity index (χ2n) is 3.52. The molecule has 0 aromatic heterocycles.